The number of benzene rings is 2. The molecule has 0 spiro atoms. The van der Waals surface area contributed by atoms with Gasteiger partial charge in [0.15, 0.2) is 0 Å². The Balaban J connectivity index is 1.87. The minimum atomic E-state index is -0.876. The van der Waals surface area contributed by atoms with Crippen LogP contribution in [0, 0.1) is 5.92 Å². The van der Waals surface area contributed by atoms with E-state index >= 15 is 0 Å². The highest BCUT2D eigenvalue weighted by molar-refractivity contribution is 5.96. The maximum atomic E-state index is 11.7. The second-order valence-electron chi connectivity index (χ2n) is 7.88. The van der Waals surface area contributed by atoms with E-state index in [1.807, 2.05) is 12.1 Å². The maximum absolute atomic E-state index is 11.7. The molecule has 1 saturated carbocycles. The van der Waals surface area contributed by atoms with Crippen LogP contribution in [-0.4, -0.2) is 11.1 Å². The molecule has 1 fully saturated rings. The van der Waals surface area contributed by atoms with Gasteiger partial charge in [-0.1, -0.05) is 75.6 Å². The smallest absolute Gasteiger partial charge is 0.336 e. The van der Waals surface area contributed by atoms with Crippen molar-refractivity contribution >= 4 is 12.0 Å². The van der Waals surface area contributed by atoms with E-state index < -0.39 is 5.97 Å². The van der Waals surface area contributed by atoms with Crippen LogP contribution in [0.4, 0.5) is 0 Å². The van der Waals surface area contributed by atoms with Gasteiger partial charge in [-0.2, -0.15) is 0 Å². The Bertz CT molecular complexity index is 794. The summed E-state index contributed by atoms with van der Waals surface area (Å²) in [5, 5.41) is 9.60. The van der Waals surface area contributed by atoms with E-state index in [0.717, 1.165) is 35.4 Å². The molecule has 2 nitrogen and oxygen atoms in total. The van der Waals surface area contributed by atoms with Crippen molar-refractivity contribution in [1.29, 1.82) is 0 Å². The predicted molar refractivity (Wildman–Crippen MR) is 113 cm³/mol. The normalized spacial score (nSPS) is 20.1. The number of rotatable bonds is 6. The van der Waals surface area contributed by atoms with Crippen molar-refractivity contribution in [2.75, 3.05) is 0 Å². The summed E-state index contributed by atoms with van der Waals surface area (Å²) < 4.78 is 0. The number of hydrogen-bond donors (Lipinski definition) is 1. The fourth-order valence-electron chi connectivity index (χ4n) is 4.01. The summed E-state index contributed by atoms with van der Waals surface area (Å²) in [7, 11) is 0. The quantitative estimate of drug-likeness (QED) is 0.592. The Labute approximate surface area is 162 Å². The van der Waals surface area contributed by atoms with Crippen LogP contribution in [0.25, 0.3) is 17.2 Å². The Morgan fingerprint density at radius 3 is 2.41 bits per heavy atom. The summed E-state index contributed by atoms with van der Waals surface area (Å²) >= 11 is 0. The fourth-order valence-corrected chi connectivity index (χ4v) is 4.01. The molecule has 1 aliphatic carbocycles. The molecule has 0 aliphatic heterocycles. The van der Waals surface area contributed by atoms with Gasteiger partial charge in [0.1, 0.15) is 0 Å². The largest absolute Gasteiger partial charge is 0.478 e. The second kappa shape index (κ2) is 9.03. The van der Waals surface area contributed by atoms with Crippen LogP contribution in [0.3, 0.4) is 0 Å². The molecule has 142 valence electrons. The topological polar surface area (TPSA) is 37.3 Å². The number of hydrogen-bond acceptors (Lipinski definition) is 1. The van der Waals surface area contributed by atoms with Crippen LogP contribution in [0.2, 0.25) is 0 Å². The Morgan fingerprint density at radius 2 is 1.78 bits per heavy atom. The van der Waals surface area contributed by atoms with Crippen LogP contribution >= 0.6 is 0 Å². The van der Waals surface area contributed by atoms with Gasteiger partial charge >= 0.3 is 5.97 Å². The first-order valence-corrected chi connectivity index (χ1v) is 10.2. The van der Waals surface area contributed by atoms with Gasteiger partial charge < -0.3 is 5.11 Å². The minimum absolute atomic E-state index is 0.363. The molecule has 1 N–H and O–H groups in total. The highest BCUT2D eigenvalue weighted by Crippen LogP contribution is 2.36. The van der Waals surface area contributed by atoms with Gasteiger partial charge in [0.05, 0.1) is 5.56 Å². The van der Waals surface area contributed by atoms with Gasteiger partial charge in [-0.25, -0.2) is 4.79 Å². The zero-order valence-corrected chi connectivity index (χ0v) is 16.4. The predicted octanol–water partition coefficient (Wildman–Crippen LogP) is 7.16. The Kier molecular flexibility index (Phi) is 6.49. The average molecular weight is 363 g/mol. The van der Waals surface area contributed by atoms with Crippen molar-refractivity contribution in [2.24, 2.45) is 5.92 Å². The molecule has 0 heterocycles. The van der Waals surface area contributed by atoms with Crippen LogP contribution in [0.15, 0.2) is 48.5 Å². The van der Waals surface area contributed by atoms with Crippen LogP contribution < -0.4 is 0 Å². The van der Waals surface area contributed by atoms with E-state index in [2.05, 4.69) is 50.3 Å². The Hall–Kier alpha value is -2.35. The molecule has 2 aromatic carbocycles. The molecule has 0 amide bonds. The second-order valence-corrected chi connectivity index (χ2v) is 7.88. The molecule has 0 unspecified atom stereocenters. The van der Waals surface area contributed by atoms with E-state index in [1.54, 1.807) is 6.07 Å². The SMILES string of the molecule is CCCC=Cc1ccc(C(=O)O)c(-c2ccc(C3CCC(C)CC3)cc2)c1. The van der Waals surface area contributed by atoms with Gasteiger partial charge in [-0.3, -0.25) is 0 Å². The summed E-state index contributed by atoms with van der Waals surface area (Å²) in [4.78, 5) is 11.7. The zero-order chi connectivity index (χ0) is 19.2. The Morgan fingerprint density at radius 1 is 1.07 bits per heavy atom. The van der Waals surface area contributed by atoms with Gasteiger partial charge in [0.25, 0.3) is 0 Å². The molecule has 3 rings (SSSR count). The maximum Gasteiger partial charge on any atom is 0.336 e. The van der Waals surface area contributed by atoms with Gasteiger partial charge in [0, 0.05) is 0 Å². The number of allylic oxidation sites excluding steroid dienone is 1. The van der Waals surface area contributed by atoms with Crippen molar-refractivity contribution in [3.8, 4) is 11.1 Å². The van der Waals surface area contributed by atoms with E-state index in [4.69, 9.17) is 0 Å². The molecular formula is C25H30O2. The third-order valence-electron chi connectivity index (χ3n) is 5.75. The van der Waals surface area contributed by atoms with E-state index in [0.29, 0.717) is 11.5 Å². The number of carboxylic acid groups (broad SMARTS) is 1. The van der Waals surface area contributed by atoms with E-state index in [-0.39, 0.29) is 0 Å². The molecule has 2 aromatic rings. The van der Waals surface area contributed by atoms with Crippen molar-refractivity contribution in [3.05, 3.63) is 65.2 Å². The molecule has 1 aliphatic rings. The molecule has 0 aromatic heterocycles. The van der Waals surface area contributed by atoms with Crippen LogP contribution in [0.1, 0.15) is 79.8 Å². The monoisotopic (exact) mass is 362 g/mol. The van der Waals surface area contributed by atoms with Gasteiger partial charge in [0.2, 0.25) is 0 Å². The number of aromatic carboxylic acids is 1. The van der Waals surface area contributed by atoms with Crippen molar-refractivity contribution < 1.29 is 9.90 Å². The first-order valence-electron chi connectivity index (χ1n) is 10.2. The summed E-state index contributed by atoms with van der Waals surface area (Å²) in [6.45, 7) is 4.49. The minimum Gasteiger partial charge on any atom is -0.478 e. The third-order valence-corrected chi connectivity index (χ3v) is 5.75. The average Bonchev–Trinajstić information content (AvgIpc) is 2.69. The van der Waals surface area contributed by atoms with Crippen LogP contribution in [-0.2, 0) is 0 Å². The number of carbonyl (C=O) groups is 1. The lowest BCUT2D eigenvalue weighted by atomic mass is 9.79. The van der Waals surface area contributed by atoms with Crippen molar-refractivity contribution in [2.45, 2.75) is 58.3 Å². The van der Waals surface area contributed by atoms with Crippen molar-refractivity contribution in [3.63, 3.8) is 0 Å². The summed E-state index contributed by atoms with van der Waals surface area (Å²) in [5.74, 6) is 0.624. The summed E-state index contributed by atoms with van der Waals surface area (Å²) in [5.41, 5.74) is 4.58. The summed E-state index contributed by atoms with van der Waals surface area (Å²) in [6, 6.07) is 14.2. The summed E-state index contributed by atoms with van der Waals surface area (Å²) in [6.07, 6.45) is 11.5. The van der Waals surface area contributed by atoms with Gasteiger partial charge in [-0.05, 0) is 65.5 Å². The molecule has 0 bridgehead atoms. The zero-order valence-electron chi connectivity index (χ0n) is 16.4. The highest BCUT2D eigenvalue weighted by Gasteiger charge is 2.20. The lowest BCUT2D eigenvalue weighted by Gasteiger charge is -2.26. The lowest BCUT2D eigenvalue weighted by molar-refractivity contribution is 0.0697. The fraction of sp³-hybridized carbons (Fsp3) is 0.400. The molecule has 0 saturated heterocycles. The van der Waals surface area contributed by atoms with E-state index in [1.165, 1.54) is 31.2 Å². The van der Waals surface area contributed by atoms with Crippen molar-refractivity contribution in [1.82, 2.24) is 0 Å². The van der Waals surface area contributed by atoms with Gasteiger partial charge in [-0.15, -0.1) is 0 Å². The standard InChI is InChI=1S/C25H30O2/c1-3-4-5-6-19-9-16-23(25(26)27)24(17-19)22-14-12-21(13-15-22)20-10-7-18(2)8-11-20/h5-6,9,12-18,20H,3-4,7-8,10-11H2,1-2H3,(H,26,27). The molecule has 0 atom stereocenters. The lowest BCUT2D eigenvalue weighted by Crippen LogP contribution is -2.10. The number of carboxylic acids is 1. The molecule has 0 radical (unpaired) electrons. The highest BCUT2D eigenvalue weighted by atomic mass is 16.4. The molecule has 27 heavy (non-hydrogen) atoms. The molecule has 2 heteroatoms. The third kappa shape index (κ3) is 4.88. The first kappa shape index (κ1) is 19.4. The number of unbranched alkanes of at least 4 members (excludes halogenated alkanes) is 1. The first-order chi connectivity index (χ1) is 13.1. The molecular weight excluding hydrogens is 332 g/mol. The van der Waals surface area contributed by atoms with Crippen LogP contribution in [0.5, 0.6) is 0 Å². The van der Waals surface area contributed by atoms with E-state index in [9.17, 15) is 9.90 Å².